The van der Waals surface area contributed by atoms with Crippen LogP contribution in [0.15, 0.2) is 5.38 Å². The Kier molecular flexibility index (Phi) is 4.32. The van der Waals surface area contributed by atoms with E-state index in [0.29, 0.717) is 0 Å². The number of hydrogen-bond acceptors (Lipinski definition) is 4. The summed E-state index contributed by atoms with van der Waals surface area (Å²) in [6.45, 7) is 8.79. The van der Waals surface area contributed by atoms with Gasteiger partial charge in [-0.1, -0.05) is 6.92 Å². The van der Waals surface area contributed by atoms with E-state index >= 15 is 0 Å². The summed E-state index contributed by atoms with van der Waals surface area (Å²) < 4.78 is 0. The molecule has 0 saturated carbocycles. The SMILES string of the molecule is CCN1CCCC1CNCc1csc(C)n1. The van der Waals surface area contributed by atoms with E-state index in [1.807, 2.05) is 0 Å². The summed E-state index contributed by atoms with van der Waals surface area (Å²) in [5, 5.41) is 6.83. The van der Waals surface area contributed by atoms with Crippen molar-refractivity contribution >= 4 is 11.3 Å². The van der Waals surface area contributed by atoms with Crippen molar-refractivity contribution in [1.29, 1.82) is 0 Å². The fourth-order valence-corrected chi connectivity index (χ4v) is 3.01. The van der Waals surface area contributed by atoms with Crippen molar-refractivity contribution in [1.82, 2.24) is 15.2 Å². The van der Waals surface area contributed by atoms with Gasteiger partial charge in [0.2, 0.25) is 0 Å². The molecule has 4 heteroatoms. The first-order valence-corrected chi connectivity index (χ1v) is 7.03. The second-order valence-corrected chi connectivity index (χ2v) is 5.48. The van der Waals surface area contributed by atoms with Gasteiger partial charge >= 0.3 is 0 Å². The molecule has 0 bridgehead atoms. The van der Waals surface area contributed by atoms with Gasteiger partial charge in [-0.05, 0) is 32.9 Å². The average molecular weight is 239 g/mol. The first kappa shape index (κ1) is 12.0. The van der Waals surface area contributed by atoms with Gasteiger partial charge in [-0.15, -0.1) is 11.3 Å². The maximum Gasteiger partial charge on any atom is 0.0897 e. The van der Waals surface area contributed by atoms with E-state index in [2.05, 4.69) is 34.4 Å². The van der Waals surface area contributed by atoms with Crippen molar-refractivity contribution in [2.24, 2.45) is 0 Å². The van der Waals surface area contributed by atoms with Crippen LogP contribution in [0.3, 0.4) is 0 Å². The molecule has 1 aliphatic rings. The Labute approximate surface area is 102 Å². The molecule has 2 rings (SSSR count). The topological polar surface area (TPSA) is 28.2 Å². The summed E-state index contributed by atoms with van der Waals surface area (Å²) in [6, 6.07) is 0.740. The smallest absolute Gasteiger partial charge is 0.0897 e. The number of hydrogen-bond donors (Lipinski definition) is 1. The highest BCUT2D eigenvalue weighted by molar-refractivity contribution is 7.09. The Morgan fingerprint density at radius 2 is 2.50 bits per heavy atom. The van der Waals surface area contributed by atoms with E-state index in [1.165, 1.54) is 31.6 Å². The van der Waals surface area contributed by atoms with Crippen LogP contribution in [0.2, 0.25) is 0 Å². The third kappa shape index (κ3) is 3.03. The lowest BCUT2D eigenvalue weighted by atomic mass is 10.2. The van der Waals surface area contributed by atoms with Crippen molar-refractivity contribution in [3.8, 4) is 0 Å². The van der Waals surface area contributed by atoms with Gasteiger partial charge in [0.1, 0.15) is 0 Å². The Morgan fingerprint density at radius 1 is 1.62 bits per heavy atom. The monoisotopic (exact) mass is 239 g/mol. The molecule has 1 N–H and O–H groups in total. The van der Waals surface area contributed by atoms with Gasteiger partial charge in [0, 0.05) is 24.5 Å². The fourth-order valence-electron chi connectivity index (χ4n) is 2.40. The van der Waals surface area contributed by atoms with E-state index in [9.17, 15) is 0 Å². The average Bonchev–Trinajstić information content (AvgIpc) is 2.87. The van der Waals surface area contributed by atoms with Crippen molar-refractivity contribution in [2.45, 2.75) is 39.3 Å². The lowest BCUT2D eigenvalue weighted by Gasteiger charge is -2.22. The lowest BCUT2D eigenvalue weighted by molar-refractivity contribution is 0.259. The highest BCUT2D eigenvalue weighted by Gasteiger charge is 2.22. The lowest BCUT2D eigenvalue weighted by Crippen LogP contribution is -2.37. The van der Waals surface area contributed by atoms with Crippen LogP contribution in [0.4, 0.5) is 0 Å². The maximum absolute atomic E-state index is 4.46. The summed E-state index contributed by atoms with van der Waals surface area (Å²) in [5.74, 6) is 0. The van der Waals surface area contributed by atoms with Crippen LogP contribution in [0.5, 0.6) is 0 Å². The molecule has 1 aromatic rings. The third-order valence-electron chi connectivity index (χ3n) is 3.26. The quantitative estimate of drug-likeness (QED) is 0.852. The van der Waals surface area contributed by atoms with Gasteiger partial charge in [0.25, 0.3) is 0 Å². The first-order valence-electron chi connectivity index (χ1n) is 6.15. The Balaban J connectivity index is 1.71. The minimum absolute atomic E-state index is 0.740. The van der Waals surface area contributed by atoms with Crippen molar-refractivity contribution < 1.29 is 0 Å². The Morgan fingerprint density at radius 3 is 3.19 bits per heavy atom. The minimum atomic E-state index is 0.740. The van der Waals surface area contributed by atoms with Gasteiger partial charge in [-0.25, -0.2) is 4.98 Å². The molecule has 1 saturated heterocycles. The second kappa shape index (κ2) is 5.75. The van der Waals surface area contributed by atoms with Crippen LogP contribution >= 0.6 is 11.3 Å². The van der Waals surface area contributed by atoms with Gasteiger partial charge < -0.3 is 5.32 Å². The largest absolute Gasteiger partial charge is 0.310 e. The molecule has 16 heavy (non-hydrogen) atoms. The molecule has 1 unspecified atom stereocenters. The summed E-state index contributed by atoms with van der Waals surface area (Å²) in [7, 11) is 0. The number of likely N-dealkylation sites (N-methyl/N-ethyl adjacent to an activating group) is 1. The molecule has 0 amide bonds. The molecular weight excluding hydrogens is 218 g/mol. The molecule has 0 spiro atoms. The van der Waals surface area contributed by atoms with Crippen LogP contribution in [0, 0.1) is 6.92 Å². The van der Waals surface area contributed by atoms with Crippen LogP contribution in [0.25, 0.3) is 0 Å². The number of aryl methyl sites for hydroxylation is 1. The Hall–Kier alpha value is -0.450. The number of nitrogens with one attached hydrogen (secondary N) is 1. The molecule has 0 aliphatic carbocycles. The number of likely N-dealkylation sites (tertiary alicyclic amines) is 1. The number of rotatable bonds is 5. The zero-order chi connectivity index (χ0) is 11.4. The summed E-state index contributed by atoms with van der Waals surface area (Å²) in [6.07, 6.45) is 2.70. The van der Waals surface area contributed by atoms with E-state index in [1.54, 1.807) is 11.3 Å². The van der Waals surface area contributed by atoms with E-state index < -0.39 is 0 Å². The second-order valence-electron chi connectivity index (χ2n) is 4.41. The molecule has 1 atom stereocenters. The molecular formula is C12H21N3S. The van der Waals surface area contributed by atoms with Crippen molar-refractivity contribution in [3.05, 3.63) is 16.1 Å². The van der Waals surface area contributed by atoms with Crippen LogP contribution in [0.1, 0.15) is 30.5 Å². The summed E-state index contributed by atoms with van der Waals surface area (Å²) >= 11 is 1.73. The van der Waals surface area contributed by atoms with Crippen molar-refractivity contribution in [2.75, 3.05) is 19.6 Å². The normalized spacial score (nSPS) is 21.8. The van der Waals surface area contributed by atoms with Crippen LogP contribution < -0.4 is 5.32 Å². The summed E-state index contributed by atoms with van der Waals surface area (Å²) in [5.41, 5.74) is 1.18. The Bertz CT molecular complexity index is 324. The number of aromatic nitrogens is 1. The third-order valence-corrected chi connectivity index (χ3v) is 4.08. The van der Waals surface area contributed by atoms with E-state index in [4.69, 9.17) is 0 Å². The van der Waals surface area contributed by atoms with Gasteiger partial charge in [0.15, 0.2) is 0 Å². The highest BCUT2D eigenvalue weighted by atomic mass is 32.1. The molecule has 0 radical (unpaired) electrons. The van der Waals surface area contributed by atoms with E-state index in [0.717, 1.165) is 24.1 Å². The van der Waals surface area contributed by atoms with Gasteiger partial charge in [0.05, 0.1) is 10.7 Å². The molecule has 3 nitrogen and oxygen atoms in total. The molecule has 90 valence electrons. The standard InChI is InChI=1S/C12H21N3S/c1-3-15-6-4-5-12(15)8-13-7-11-9-16-10(2)14-11/h9,12-13H,3-8H2,1-2H3. The van der Waals surface area contributed by atoms with Gasteiger partial charge in [-0.2, -0.15) is 0 Å². The van der Waals surface area contributed by atoms with Crippen LogP contribution in [-0.4, -0.2) is 35.6 Å². The predicted octanol–water partition coefficient (Wildman–Crippen LogP) is 2.03. The first-order chi connectivity index (χ1) is 7.79. The van der Waals surface area contributed by atoms with Gasteiger partial charge in [-0.3, -0.25) is 4.90 Å². The molecule has 1 aliphatic heterocycles. The molecule has 1 fully saturated rings. The van der Waals surface area contributed by atoms with Crippen LogP contribution in [-0.2, 0) is 6.54 Å². The highest BCUT2D eigenvalue weighted by Crippen LogP contribution is 2.15. The zero-order valence-electron chi connectivity index (χ0n) is 10.2. The molecule has 2 heterocycles. The maximum atomic E-state index is 4.46. The zero-order valence-corrected chi connectivity index (χ0v) is 11.0. The molecule has 1 aromatic heterocycles. The van der Waals surface area contributed by atoms with Crippen molar-refractivity contribution in [3.63, 3.8) is 0 Å². The van der Waals surface area contributed by atoms with E-state index in [-0.39, 0.29) is 0 Å². The fraction of sp³-hybridized carbons (Fsp3) is 0.750. The number of nitrogens with zero attached hydrogens (tertiary/aromatic N) is 2. The predicted molar refractivity (Wildman–Crippen MR) is 68.8 cm³/mol. The molecule has 0 aromatic carbocycles. The summed E-state index contributed by atoms with van der Waals surface area (Å²) in [4.78, 5) is 7.03. The minimum Gasteiger partial charge on any atom is -0.310 e. The number of thiazole rings is 1.